The minimum Gasteiger partial charge on any atom is -0.375 e. The van der Waals surface area contributed by atoms with Crippen LogP contribution in [0.3, 0.4) is 0 Å². The maximum Gasteiger partial charge on any atom is 0.282 e. The lowest BCUT2D eigenvalue weighted by Gasteiger charge is -2.02. The third kappa shape index (κ3) is 8.54. The molecule has 2 heterocycles. The summed E-state index contributed by atoms with van der Waals surface area (Å²) in [6.07, 6.45) is 3.22. The van der Waals surface area contributed by atoms with E-state index >= 15 is 0 Å². The maximum absolute atomic E-state index is 11.8. The van der Waals surface area contributed by atoms with Crippen molar-refractivity contribution in [2.45, 2.75) is 0 Å². The van der Waals surface area contributed by atoms with Crippen molar-refractivity contribution in [1.82, 2.24) is 9.97 Å². The van der Waals surface area contributed by atoms with Gasteiger partial charge in [-0.2, -0.15) is 0 Å². The van der Waals surface area contributed by atoms with Gasteiger partial charge in [-0.3, -0.25) is 35.1 Å². The largest absolute Gasteiger partial charge is 0.375 e. The number of carbonyl (C=O) groups excluding carboxylic acids is 2. The zero-order valence-corrected chi connectivity index (χ0v) is 19.8. The predicted molar refractivity (Wildman–Crippen MR) is 133 cm³/mol. The number of nitrogen functional groups attached to an aromatic ring is 1. The molecule has 35 heavy (non-hydrogen) atoms. The number of halogens is 1. The number of hydrogen-bond acceptors (Lipinski definition) is 11. The monoisotopic (exact) mass is 534 g/mol. The fourth-order valence-corrected chi connectivity index (χ4v) is 3.37. The van der Waals surface area contributed by atoms with Gasteiger partial charge in [0.1, 0.15) is 11.1 Å². The Kier molecular flexibility index (Phi) is 10.4. The van der Waals surface area contributed by atoms with E-state index in [1.807, 2.05) is 5.38 Å². The van der Waals surface area contributed by atoms with E-state index < -0.39 is 21.0 Å². The number of nitro groups is 2. The van der Waals surface area contributed by atoms with Crippen molar-refractivity contribution >= 4 is 67.1 Å². The molecule has 4 rings (SSSR count). The molecular formula is C20H15ClN6O6S2. The van der Waals surface area contributed by atoms with Gasteiger partial charge in [-0.05, 0) is 23.7 Å². The summed E-state index contributed by atoms with van der Waals surface area (Å²) in [5.41, 5.74) is 4.64. The number of nitrogens with two attached hydrogens (primary N) is 1. The molecular weight excluding hydrogens is 520 g/mol. The topological polar surface area (TPSA) is 184 Å². The van der Waals surface area contributed by atoms with Crippen molar-refractivity contribution < 1.29 is 19.4 Å². The smallest absolute Gasteiger partial charge is 0.282 e. The molecule has 0 atom stereocenters. The number of anilines is 2. The number of nitro benzene ring substituents is 2. The minimum absolute atomic E-state index is 0.0210. The van der Waals surface area contributed by atoms with E-state index in [0.717, 1.165) is 0 Å². The first-order valence-electron chi connectivity index (χ1n) is 9.23. The van der Waals surface area contributed by atoms with Crippen molar-refractivity contribution in [2.24, 2.45) is 0 Å². The third-order valence-corrected chi connectivity index (χ3v) is 5.26. The summed E-state index contributed by atoms with van der Waals surface area (Å²) in [6, 6.07) is 11.3. The van der Waals surface area contributed by atoms with Crippen LogP contribution >= 0.6 is 34.3 Å². The summed E-state index contributed by atoms with van der Waals surface area (Å²) >= 11 is 7.80. The van der Waals surface area contributed by atoms with Crippen LogP contribution in [0.15, 0.2) is 71.7 Å². The number of carbonyl (C=O) groups is 2. The second-order valence-electron chi connectivity index (χ2n) is 5.98. The van der Waals surface area contributed by atoms with Crippen molar-refractivity contribution in [3.63, 3.8) is 0 Å². The normalized spacial score (nSPS) is 9.51. The lowest BCUT2D eigenvalue weighted by molar-refractivity contribution is -0.385. The zero-order chi connectivity index (χ0) is 25.8. The van der Waals surface area contributed by atoms with E-state index in [2.05, 4.69) is 15.3 Å². The molecule has 0 aliphatic heterocycles. The summed E-state index contributed by atoms with van der Waals surface area (Å²) in [7, 11) is 0. The number of hydrogen-bond donors (Lipinski definition) is 2. The molecule has 0 radical (unpaired) electrons. The molecule has 4 aromatic rings. The highest BCUT2D eigenvalue weighted by Crippen LogP contribution is 2.20. The van der Waals surface area contributed by atoms with Gasteiger partial charge in [0.05, 0.1) is 9.85 Å². The van der Waals surface area contributed by atoms with Crippen LogP contribution in [0.1, 0.15) is 20.7 Å². The number of nitrogens with one attached hydrogen (secondary N) is 1. The number of amides is 1. The molecule has 2 aromatic carbocycles. The number of thiazole rings is 2. The predicted octanol–water partition coefficient (Wildman–Crippen LogP) is 5.00. The van der Waals surface area contributed by atoms with Crippen LogP contribution in [0.2, 0.25) is 0 Å². The molecule has 0 unspecified atom stereocenters. The molecule has 1 amide bonds. The average Bonchev–Trinajstić information content (AvgIpc) is 3.53. The van der Waals surface area contributed by atoms with E-state index in [-0.39, 0.29) is 22.5 Å². The third-order valence-electron chi connectivity index (χ3n) is 3.76. The number of rotatable bonds is 5. The van der Waals surface area contributed by atoms with Crippen LogP contribution in [0.4, 0.5) is 21.6 Å². The molecule has 0 spiro atoms. The Morgan fingerprint density at radius 3 is 1.77 bits per heavy atom. The molecule has 0 aliphatic rings. The molecule has 2 aromatic heterocycles. The standard InChI is InChI=1S/C10H7N3O3S.C7H4ClNO3.C3H4N2S/c14-9(12-10-11-5-6-17-10)7-3-1-2-4-8(7)13(15)16;8-7(10)5-3-1-2-4-6(5)9(11)12;4-3-5-1-2-6-3/h1-6H,(H,11,12,14);1-4H;1-2H,(H2,4,5). The highest BCUT2D eigenvalue weighted by atomic mass is 35.5. The summed E-state index contributed by atoms with van der Waals surface area (Å²) < 4.78 is 0. The Morgan fingerprint density at radius 2 is 1.37 bits per heavy atom. The Balaban J connectivity index is 0.000000207. The maximum atomic E-state index is 11.8. The van der Waals surface area contributed by atoms with Gasteiger partial charge in [0.15, 0.2) is 10.3 Å². The Labute approximate surface area is 210 Å². The van der Waals surface area contributed by atoms with Gasteiger partial charge in [-0.15, -0.1) is 22.7 Å². The van der Waals surface area contributed by atoms with Crippen LogP contribution < -0.4 is 11.1 Å². The Hall–Kier alpha value is -4.27. The lowest BCUT2D eigenvalue weighted by atomic mass is 10.1. The van der Waals surface area contributed by atoms with Gasteiger partial charge in [0.25, 0.3) is 22.5 Å². The van der Waals surface area contributed by atoms with E-state index in [1.165, 1.54) is 65.1 Å². The first-order valence-corrected chi connectivity index (χ1v) is 11.4. The summed E-state index contributed by atoms with van der Waals surface area (Å²) in [5.74, 6) is -0.535. The van der Waals surface area contributed by atoms with E-state index in [4.69, 9.17) is 17.3 Å². The fourth-order valence-electron chi connectivity index (χ4n) is 2.31. The van der Waals surface area contributed by atoms with E-state index in [9.17, 15) is 29.8 Å². The summed E-state index contributed by atoms with van der Waals surface area (Å²) in [5, 5.41) is 27.3. The molecule has 0 bridgehead atoms. The molecule has 12 nitrogen and oxygen atoms in total. The lowest BCUT2D eigenvalue weighted by Crippen LogP contribution is -2.13. The van der Waals surface area contributed by atoms with Gasteiger partial charge >= 0.3 is 0 Å². The number of para-hydroxylation sites is 2. The van der Waals surface area contributed by atoms with Crippen molar-refractivity contribution in [1.29, 1.82) is 0 Å². The zero-order valence-electron chi connectivity index (χ0n) is 17.4. The Morgan fingerprint density at radius 1 is 0.857 bits per heavy atom. The molecule has 3 N–H and O–H groups in total. The molecule has 180 valence electrons. The molecule has 0 aliphatic carbocycles. The highest BCUT2D eigenvalue weighted by molar-refractivity contribution is 7.13. The molecule has 0 fully saturated rings. The van der Waals surface area contributed by atoms with Crippen LogP contribution in [-0.2, 0) is 0 Å². The first kappa shape index (κ1) is 27.0. The van der Waals surface area contributed by atoms with E-state index in [1.54, 1.807) is 23.8 Å². The summed E-state index contributed by atoms with van der Waals surface area (Å²) in [6.45, 7) is 0. The SMILES string of the molecule is Nc1nccs1.O=C(Cl)c1ccccc1[N+](=O)[O-].O=C(Nc1nccs1)c1ccccc1[N+](=O)[O-]. The van der Waals surface area contributed by atoms with Crippen molar-refractivity contribution in [2.75, 3.05) is 11.1 Å². The van der Waals surface area contributed by atoms with E-state index in [0.29, 0.717) is 10.3 Å². The number of benzene rings is 2. The van der Waals surface area contributed by atoms with Gasteiger partial charge in [-0.25, -0.2) is 9.97 Å². The first-order chi connectivity index (χ1) is 16.7. The van der Waals surface area contributed by atoms with Gasteiger partial charge < -0.3 is 5.73 Å². The van der Waals surface area contributed by atoms with Crippen LogP contribution in [0.5, 0.6) is 0 Å². The molecule has 0 saturated carbocycles. The fraction of sp³-hybridized carbons (Fsp3) is 0. The molecule has 15 heteroatoms. The van der Waals surface area contributed by atoms with Gasteiger partial charge in [0, 0.05) is 35.3 Å². The minimum atomic E-state index is -0.817. The van der Waals surface area contributed by atoms with Crippen LogP contribution in [0.25, 0.3) is 0 Å². The highest BCUT2D eigenvalue weighted by Gasteiger charge is 2.19. The van der Waals surface area contributed by atoms with Crippen LogP contribution in [-0.4, -0.2) is 31.0 Å². The Bertz CT molecular complexity index is 1270. The number of aromatic nitrogens is 2. The molecule has 0 saturated heterocycles. The quantitative estimate of drug-likeness (QED) is 0.202. The second-order valence-corrected chi connectivity index (χ2v) is 8.15. The number of nitrogens with zero attached hydrogens (tertiary/aromatic N) is 4. The summed E-state index contributed by atoms with van der Waals surface area (Å²) in [4.78, 5) is 49.8. The van der Waals surface area contributed by atoms with Crippen molar-refractivity contribution in [3.8, 4) is 0 Å². The van der Waals surface area contributed by atoms with Gasteiger partial charge in [0.2, 0.25) is 0 Å². The van der Waals surface area contributed by atoms with Gasteiger partial charge in [-0.1, -0.05) is 24.3 Å². The van der Waals surface area contributed by atoms with Crippen molar-refractivity contribution in [3.05, 3.63) is 103 Å². The average molecular weight is 535 g/mol. The second kappa shape index (κ2) is 13.4. The van der Waals surface area contributed by atoms with Crippen LogP contribution in [0, 0.1) is 20.2 Å².